The molecule has 0 aliphatic heterocycles. The van der Waals surface area contributed by atoms with E-state index < -0.39 is 0 Å². The maximum absolute atomic E-state index is 11.7. The van der Waals surface area contributed by atoms with E-state index in [4.69, 9.17) is 0 Å². The second-order valence-corrected chi connectivity index (χ2v) is 4.52. The van der Waals surface area contributed by atoms with Crippen molar-refractivity contribution in [1.29, 1.82) is 0 Å². The number of hydrogen-bond donors (Lipinski definition) is 1. The first-order valence-electron chi connectivity index (χ1n) is 4.89. The van der Waals surface area contributed by atoms with Crippen LogP contribution in [0.4, 0.5) is 0 Å². The fourth-order valence-corrected chi connectivity index (χ4v) is 2.42. The third-order valence-corrected chi connectivity index (χ3v) is 3.33. The van der Waals surface area contributed by atoms with E-state index in [2.05, 4.69) is 16.9 Å². The lowest BCUT2D eigenvalue weighted by Gasteiger charge is -2.20. The number of rotatable bonds is 1. The van der Waals surface area contributed by atoms with E-state index in [1.165, 1.54) is 11.8 Å². The molecule has 0 bridgehead atoms. The molecule has 76 valence electrons. The molecule has 0 spiro atoms. The van der Waals surface area contributed by atoms with Gasteiger partial charge in [-0.25, -0.2) is 4.98 Å². The van der Waals surface area contributed by atoms with Crippen molar-refractivity contribution in [3.05, 3.63) is 21.6 Å². The monoisotopic (exact) mass is 210 g/mol. The Morgan fingerprint density at radius 1 is 1.57 bits per heavy atom. The molecule has 1 heterocycles. The largest absolute Gasteiger partial charge is 0.301 e. The Morgan fingerprint density at radius 2 is 2.36 bits per heavy atom. The van der Waals surface area contributed by atoms with Crippen molar-refractivity contribution in [2.75, 3.05) is 6.26 Å². The Labute approximate surface area is 87.3 Å². The molecular formula is C10H14N2OS. The summed E-state index contributed by atoms with van der Waals surface area (Å²) in [5, 5.41) is 0.739. The number of fused-ring (bicyclic) bond motifs is 1. The van der Waals surface area contributed by atoms with Crippen LogP contribution in [-0.2, 0) is 6.42 Å². The van der Waals surface area contributed by atoms with Gasteiger partial charge in [-0.1, -0.05) is 18.7 Å². The van der Waals surface area contributed by atoms with Gasteiger partial charge < -0.3 is 4.98 Å². The van der Waals surface area contributed by atoms with Gasteiger partial charge in [0.15, 0.2) is 5.16 Å². The van der Waals surface area contributed by atoms with E-state index in [1.807, 2.05) is 6.26 Å². The number of aryl methyl sites for hydroxylation is 1. The molecule has 0 radical (unpaired) electrons. The summed E-state index contributed by atoms with van der Waals surface area (Å²) in [6, 6.07) is 0. The van der Waals surface area contributed by atoms with Crippen molar-refractivity contribution in [1.82, 2.24) is 9.97 Å². The smallest absolute Gasteiger partial charge is 0.255 e. The zero-order valence-electron chi connectivity index (χ0n) is 8.46. The van der Waals surface area contributed by atoms with Crippen LogP contribution in [0, 0.1) is 0 Å². The predicted molar refractivity (Wildman–Crippen MR) is 58.0 cm³/mol. The molecule has 0 saturated heterocycles. The number of hydrogen-bond acceptors (Lipinski definition) is 3. The molecule has 0 saturated carbocycles. The quantitative estimate of drug-likeness (QED) is 0.569. The zero-order chi connectivity index (χ0) is 10.1. The molecule has 4 heteroatoms. The maximum Gasteiger partial charge on any atom is 0.255 e. The number of aromatic amines is 1. The molecule has 1 aromatic heterocycles. The number of nitrogens with one attached hydrogen (secondary N) is 1. The lowest BCUT2D eigenvalue weighted by molar-refractivity contribution is 0.561. The van der Waals surface area contributed by atoms with Crippen LogP contribution in [0.1, 0.15) is 36.9 Å². The lowest BCUT2D eigenvalue weighted by atomic mass is 9.88. The third kappa shape index (κ3) is 1.59. The highest BCUT2D eigenvalue weighted by Crippen LogP contribution is 2.27. The predicted octanol–water partition coefficient (Wildman–Crippen LogP) is 1.93. The van der Waals surface area contributed by atoms with Crippen molar-refractivity contribution in [2.45, 2.75) is 37.3 Å². The molecule has 1 aromatic rings. The Balaban J connectivity index is 2.57. The van der Waals surface area contributed by atoms with Gasteiger partial charge in [0.25, 0.3) is 5.56 Å². The highest BCUT2D eigenvalue weighted by atomic mass is 32.2. The average Bonchev–Trinajstić information content (AvgIpc) is 2.17. The first-order valence-corrected chi connectivity index (χ1v) is 6.12. The van der Waals surface area contributed by atoms with Crippen molar-refractivity contribution in [2.24, 2.45) is 0 Å². The minimum absolute atomic E-state index is 0.0616. The van der Waals surface area contributed by atoms with Crippen LogP contribution in [-0.4, -0.2) is 16.2 Å². The lowest BCUT2D eigenvalue weighted by Crippen LogP contribution is -2.23. The number of thioether (sulfide) groups is 1. The van der Waals surface area contributed by atoms with Crippen molar-refractivity contribution in [3.8, 4) is 0 Å². The molecule has 3 nitrogen and oxygen atoms in total. The van der Waals surface area contributed by atoms with Gasteiger partial charge in [-0.2, -0.15) is 0 Å². The van der Waals surface area contributed by atoms with E-state index in [0.29, 0.717) is 5.92 Å². The molecule has 1 atom stereocenters. The minimum Gasteiger partial charge on any atom is -0.301 e. The summed E-state index contributed by atoms with van der Waals surface area (Å²) >= 11 is 1.49. The molecule has 0 aromatic carbocycles. The molecule has 14 heavy (non-hydrogen) atoms. The molecule has 1 aliphatic rings. The normalized spacial score (nSPS) is 20.6. The standard InChI is InChI=1S/C10H14N2OS/c1-6-4-3-5-7-8(6)9(13)12-10(11-7)14-2/h6H,3-5H2,1-2H3,(H,11,12,13). The molecule has 0 amide bonds. The van der Waals surface area contributed by atoms with Gasteiger partial charge in [0.2, 0.25) is 0 Å². The van der Waals surface area contributed by atoms with Crippen LogP contribution in [0.5, 0.6) is 0 Å². The van der Waals surface area contributed by atoms with Gasteiger partial charge in [0, 0.05) is 5.56 Å². The Kier molecular flexibility index (Phi) is 2.63. The van der Waals surface area contributed by atoms with E-state index in [1.54, 1.807) is 0 Å². The van der Waals surface area contributed by atoms with Crippen molar-refractivity contribution >= 4 is 11.8 Å². The molecule has 1 aliphatic carbocycles. The Morgan fingerprint density at radius 3 is 3.07 bits per heavy atom. The fraction of sp³-hybridized carbons (Fsp3) is 0.600. The van der Waals surface area contributed by atoms with Gasteiger partial charge >= 0.3 is 0 Å². The van der Waals surface area contributed by atoms with E-state index in [-0.39, 0.29) is 5.56 Å². The van der Waals surface area contributed by atoms with E-state index >= 15 is 0 Å². The second kappa shape index (κ2) is 3.77. The summed E-state index contributed by atoms with van der Waals surface area (Å²) in [4.78, 5) is 19.0. The highest BCUT2D eigenvalue weighted by Gasteiger charge is 2.21. The van der Waals surface area contributed by atoms with E-state index in [9.17, 15) is 4.79 Å². The SMILES string of the molecule is CSc1nc2c(c(=O)[nH]1)C(C)CCC2. The van der Waals surface area contributed by atoms with Crippen LogP contribution >= 0.6 is 11.8 Å². The van der Waals surface area contributed by atoms with Gasteiger partial charge in [-0.15, -0.1) is 0 Å². The summed E-state index contributed by atoms with van der Waals surface area (Å²) in [6.45, 7) is 2.10. The minimum atomic E-state index is 0.0616. The maximum atomic E-state index is 11.7. The highest BCUT2D eigenvalue weighted by molar-refractivity contribution is 7.98. The van der Waals surface area contributed by atoms with Crippen LogP contribution in [0.25, 0.3) is 0 Å². The number of aromatic nitrogens is 2. The molecule has 2 rings (SSSR count). The Bertz CT molecular complexity index is 400. The van der Waals surface area contributed by atoms with Crippen molar-refractivity contribution < 1.29 is 0 Å². The summed E-state index contributed by atoms with van der Waals surface area (Å²) in [5.41, 5.74) is 1.98. The number of nitrogens with zero attached hydrogens (tertiary/aromatic N) is 1. The average molecular weight is 210 g/mol. The molecule has 1 N–H and O–H groups in total. The first kappa shape index (κ1) is 9.77. The van der Waals surface area contributed by atoms with Crippen molar-refractivity contribution in [3.63, 3.8) is 0 Å². The summed E-state index contributed by atoms with van der Waals surface area (Å²) < 4.78 is 0. The number of H-pyrrole nitrogens is 1. The van der Waals surface area contributed by atoms with Gasteiger partial charge in [-0.3, -0.25) is 4.79 Å². The molecule has 1 unspecified atom stereocenters. The first-order chi connectivity index (χ1) is 6.72. The van der Waals surface area contributed by atoms with Crippen LogP contribution in [0.2, 0.25) is 0 Å². The van der Waals surface area contributed by atoms with Gasteiger partial charge in [0.1, 0.15) is 0 Å². The fourth-order valence-electron chi connectivity index (χ4n) is 2.02. The van der Waals surface area contributed by atoms with Gasteiger partial charge in [0.05, 0.1) is 5.69 Å². The van der Waals surface area contributed by atoms with E-state index in [0.717, 1.165) is 35.7 Å². The third-order valence-electron chi connectivity index (χ3n) is 2.75. The van der Waals surface area contributed by atoms with Crippen LogP contribution in [0.15, 0.2) is 9.95 Å². The summed E-state index contributed by atoms with van der Waals surface area (Å²) in [7, 11) is 0. The molecule has 0 fully saturated rings. The zero-order valence-corrected chi connectivity index (χ0v) is 9.28. The van der Waals surface area contributed by atoms with Crippen LogP contribution in [0.3, 0.4) is 0 Å². The summed E-state index contributed by atoms with van der Waals surface area (Å²) in [5.74, 6) is 0.367. The van der Waals surface area contributed by atoms with Gasteiger partial charge in [-0.05, 0) is 31.4 Å². The summed E-state index contributed by atoms with van der Waals surface area (Å²) in [6.07, 6.45) is 5.14. The molecular weight excluding hydrogens is 196 g/mol. The topological polar surface area (TPSA) is 45.8 Å². The second-order valence-electron chi connectivity index (χ2n) is 3.73. The Hall–Kier alpha value is -0.770. The van der Waals surface area contributed by atoms with Crippen LogP contribution < -0.4 is 5.56 Å².